The number of rotatable bonds is 7. The minimum absolute atomic E-state index is 0.0893. The van der Waals surface area contributed by atoms with Crippen LogP contribution >= 0.6 is 11.8 Å². The van der Waals surface area contributed by atoms with Crippen LogP contribution in [0.15, 0.2) is 53.4 Å². The van der Waals surface area contributed by atoms with Crippen molar-refractivity contribution in [1.82, 2.24) is 0 Å². The van der Waals surface area contributed by atoms with Gasteiger partial charge in [-0.15, -0.1) is 11.8 Å². The Kier molecular flexibility index (Phi) is 7.52. The van der Waals surface area contributed by atoms with E-state index in [1.807, 2.05) is 24.3 Å². The van der Waals surface area contributed by atoms with Crippen LogP contribution < -0.4 is 10.6 Å². The third kappa shape index (κ3) is 6.10. The number of hydrogen-bond donors (Lipinski definition) is 3. The molecule has 0 saturated heterocycles. The molecule has 6 nitrogen and oxygen atoms in total. The molecule has 0 heterocycles. The number of amides is 2. The molecule has 1 aliphatic rings. The van der Waals surface area contributed by atoms with Crippen LogP contribution in [0.3, 0.4) is 0 Å². The first kappa shape index (κ1) is 21.9. The second-order valence-electron chi connectivity index (χ2n) is 7.48. The van der Waals surface area contributed by atoms with E-state index in [1.54, 1.807) is 19.1 Å². The molecule has 2 amide bonds. The first-order chi connectivity index (χ1) is 14.4. The van der Waals surface area contributed by atoms with Gasteiger partial charge in [-0.3, -0.25) is 9.59 Å². The van der Waals surface area contributed by atoms with Crippen molar-refractivity contribution in [2.45, 2.75) is 49.2 Å². The molecule has 1 unspecified atom stereocenters. The Morgan fingerprint density at radius 1 is 0.967 bits per heavy atom. The van der Waals surface area contributed by atoms with Crippen LogP contribution in [0.1, 0.15) is 49.4 Å². The number of carbonyl (C=O) groups excluding carboxylic acids is 2. The normalized spacial score (nSPS) is 15.2. The van der Waals surface area contributed by atoms with Gasteiger partial charge in [-0.25, -0.2) is 4.79 Å². The Morgan fingerprint density at radius 2 is 1.67 bits per heavy atom. The van der Waals surface area contributed by atoms with Crippen molar-refractivity contribution < 1.29 is 19.5 Å². The van der Waals surface area contributed by atoms with Gasteiger partial charge >= 0.3 is 5.97 Å². The Balaban J connectivity index is 1.52. The predicted octanol–water partition coefficient (Wildman–Crippen LogP) is 5.02. The molecule has 1 aliphatic carbocycles. The first-order valence-electron chi connectivity index (χ1n) is 10.1. The molecule has 0 radical (unpaired) electrons. The molecular formula is C23H26N2O4S. The van der Waals surface area contributed by atoms with Gasteiger partial charge < -0.3 is 15.7 Å². The summed E-state index contributed by atoms with van der Waals surface area (Å²) in [4.78, 5) is 36.8. The van der Waals surface area contributed by atoms with E-state index in [4.69, 9.17) is 5.11 Å². The fraction of sp³-hybridized carbons (Fsp3) is 0.348. The standard InChI is InChI=1S/C23H26N2O4S/c1-15(21(26)25-19-9-5-8-17(14-19)23(28)29)30-20-12-10-18(11-13-20)24-22(27)16-6-3-2-4-7-16/h5,8-16H,2-4,6-7H2,1H3,(H,24,27)(H,25,26)(H,28,29). The van der Waals surface area contributed by atoms with Gasteiger partial charge in [0.05, 0.1) is 10.8 Å². The van der Waals surface area contributed by atoms with Crippen molar-refractivity contribution in [3.8, 4) is 0 Å². The lowest BCUT2D eigenvalue weighted by Crippen LogP contribution is -2.24. The van der Waals surface area contributed by atoms with E-state index in [0.717, 1.165) is 36.3 Å². The number of aromatic carboxylic acids is 1. The number of thioether (sulfide) groups is 1. The van der Waals surface area contributed by atoms with E-state index < -0.39 is 5.97 Å². The summed E-state index contributed by atoms with van der Waals surface area (Å²) in [7, 11) is 0. The zero-order valence-corrected chi connectivity index (χ0v) is 17.7. The molecular weight excluding hydrogens is 400 g/mol. The highest BCUT2D eigenvalue weighted by molar-refractivity contribution is 8.00. The lowest BCUT2D eigenvalue weighted by atomic mass is 9.88. The molecule has 0 aliphatic heterocycles. The molecule has 3 N–H and O–H groups in total. The van der Waals surface area contributed by atoms with Crippen LogP contribution in [-0.4, -0.2) is 28.1 Å². The fourth-order valence-electron chi connectivity index (χ4n) is 3.46. The number of hydrogen-bond acceptors (Lipinski definition) is 4. The lowest BCUT2D eigenvalue weighted by molar-refractivity contribution is -0.120. The van der Waals surface area contributed by atoms with Crippen LogP contribution in [0.4, 0.5) is 11.4 Å². The van der Waals surface area contributed by atoms with Gasteiger partial charge in [-0.1, -0.05) is 25.3 Å². The van der Waals surface area contributed by atoms with Crippen molar-refractivity contribution in [2.24, 2.45) is 5.92 Å². The number of nitrogens with one attached hydrogen (secondary N) is 2. The summed E-state index contributed by atoms with van der Waals surface area (Å²) < 4.78 is 0. The average molecular weight is 427 g/mol. The summed E-state index contributed by atoms with van der Waals surface area (Å²) in [6, 6.07) is 13.6. The summed E-state index contributed by atoms with van der Waals surface area (Å²) >= 11 is 1.40. The minimum Gasteiger partial charge on any atom is -0.478 e. The largest absolute Gasteiger partial charge is 0.478 e. The lowest BCUT2D eigenvalue weighted by Gasteiger charge is -2.20. The smallest absolute Gasteiger partial charge is 0.335 e. The van der Waals surface area contributed by atoms with E-state index in [2.05, 4.69) is 10.6 Å². The summed E-state index contributed by atoms with van der Waals surface area (Å²) in [5.74, 6) is -1.05. The number of carbonyl (C=O) groups is 3. The van der Waals surface area contributed by atoms with E-state index in [1.165, 1.54) is 30.3 Å². The summed E-state index contributed by atoms with van der Waals surface area (Å²) in [6.07, 6.45) is 5.37. The zero-order chi connectivity index (χ0) is 21.5. The van der Waals surface area contributed by atoms with Gasteiger partial charge in [0.25, 0.3) is 0 Å². The van der Waals surface area contributed by atoms with Gasteiger partial charge in [0.1, 0.15) is 0 Å². The molecule has 158 valence electrons. The highest BCUT2D eigenvalue weighted by atomic mass is 32.2. The molecule has 3 rings (SSSR count). The van der Waals surface area contributed by atoms with E-state index in [9.17, 15) is 14.4 Å². The van der Waals surface area contributed by atoms with Crippen molar-refractivity contribution in [3.05, 3.63) is 54.1 Å². The zero-order valence-electron chi connectivity index (χ0n) is 16.9. The van der Waals surface area contributed by atoms with Gasteiger partial charge in [0, 0.05) is 22.2 Å². The molecule has 2 aromatic rings. The maximum atomic E-state index is 12.4. The average Bonchev–Trinajstić information content (AvgIpc) is 2.75. The maximum Gasteiger partial charge on any atom is 0.335 e. The monoisotopic (exact) mass is 426 g/mol. The van der Waals surface area contributed by atoms with Gasteiger partial charge in [-0.05, 0) is 62.2 Å². The molecule has 1 fully saturated rings. The van der Waals surface area contributed by atoms with Crippen LogP contribution in [0.25, 0.3) is 0 Å². The quantitative estimate of drug-likeness (QED) is 0.540. The van der Waals surface area contributed by atoms with Crippen LogP contribution in [0, 0.1) is 5.92 Å². The van der Waals surface area contributed by atoms with Crippen LogP contribution in [-0.2, 0) is 9.59 Å². The SMILES string of the molecule is CC(Sc1ccc(NC(=O)C2CCCCC2)cc1)C(=O)Nc1cccc(C(=O)O)c1. The molecule has 2 aromatic carbocycles. The highest BCUT2D eigenvalue weighted by Gasteiger charge is 2.21. The molecule has 1 saturated carbocycles. The Hall–Kier alpha value is -2.80. The molecule has 0 aromatic heterocycles. The van der Waals surface area contributed by atoms with Gasteiger partial charge in [0.15, 0.2) is 0 Å². The summed E-state index contributed by atoms with van der Waals surface area (Å²) in [5.41, 5.74) is 1.34. The highest BCUT2D eigenvalue weighted by Crippen LogP contribution is 2.28. The molecule has 1 atom stereocenters. The molecule has 0 spiro atoms. The van der Waals surface area contributed by atoms with E-state index in [0.29, 0.717) is 5.69 Å². The number of benzene rings is 2. The summed E-state index contributed by atoms with van der Waals surface area (Å²) in [5, 5.41) is 14.4. The van der Waals surface area contributed by atoms with E-state index >= 15 is 0 Å². The topological polar surface area (TPSA) is 95.5 Å². The van der Waals surface area contributed by atoms with E-state index in [-0.39, 0.29) is 28.5 Å². The van der Waals surface area contributed by atoms with Gasteiger partial charge in [-0.2, -0.15) is 0 Å². The molecule has 0 bridgehead atoms. The fourth-order valence-corrected chi connectivity index (χ4v) is 4.32. The second-order valence-corrected chi connectivity index (χ2v) is 8.90. The van der Waals surface area contributed by atoms with Crippen LogP contribution in [0.2, 0.25) is 0 Å². The Bertz CT molecular complexity index is 908. The number of carboxylic acids is 1. The summed E-state index contributed by atoms with van der Waals surface area (Å²) in [6.45, 7) is 1.79. The Morgan fingerprint density at radius 3 is 2.33 bits per heavy atom. The van der Waals surface area contributed by atoms with Crippen LogP contribution in [0.5, 0.6) is 0 Å². The number of anilines is 2. The Labute approximate surface area is 180 Å². The molecule has 7 heteroatoms. The van der Waals surface area contributed by atoms with Gasteiger partial charge in [0.2, 0.25) is 11.8 Å². The first-order valence-corrected chi connectivity index (χ1v) is 11.0. The second kappa shape index (κ2) is 10.3. The third-order valence-electron chi connectivity index (χ3n) is 5.16. The third-order valence-corrected chi connectivity index (χ3v) is 6.27. The maximum absolute atomic E-state index is 12.4. The van der Waals surface area contributed by atoms with Crippen molar-refractivity contribution in [2.75, 3.05) is 10.6 Å². The molecule has 30 heavy (non-hydrogen) atoms. The predicted molar refractivity (Wildman–Crippen MR) is 119 cm³/mol. The van der Waals surface area contributed by atoms with Crippen molar-refractivity contribution in [1.29, 1.82) is 0 Å². The van der Waals surface area contributed by atoms with Crippen molar-refractivity contribution in [3.63, 3.8) is 0 Å². The van der Waals surface area contributed by atoms with Crippen molar-refractivity contribution >= 4 is 40.9 Å². The number of carboxylic acid groups (broad SMARTS) is 1. The minimum atomic E-state index is -1.04.